The first-order valence-corrected chi connectivity index (χ1v) is 1.61. The largest absolute Gasteiger partial charge is 0.549 e. The molecule has 0 saturated heterocycles. The third-order valence-electron chi connectivity index (χ3n) is 0.262. The van der Waals surface area contributed by atoms with Gasteiger partial charge in [-0.15, -0.1) is 37.2 Å². The van der Waals surface area contributed by atoms with Crippen LogP contribution in [0.1, 0.15) is 6.92 Å². The smallest absolute Gasteiger partial charge is 0.432 e. The first-order chi connectivity index (χ1) is 2.77. The molecule has 59 valence electrons. The maximum absolute atomic E-state index is 9.27. The average Bonchev–Trinajstić information content (AvgIpc) is 1.35. The molecule has 0 aliphatic carbocycles. The second-order valence-corrected chi connectivity index (χ2v) is 0.683. The van der Waals surface area contributed by atoms with Gasteiger partial charge in [-0.3, -0.25) is 0 Å². The Morgan fingerprint density at radius 2 is 1.67 bits per heavy atom. The van der Waals surface area contributed by atoms with Crippen molar-refractivity contribution in [2.75, 3.05) is 6.61 Å². The van der Waals surface area contributed by atoms with E-state index >= 15 is 0 Å². The number of ether oxygens (including phenoxy) is 1. The Kier molecular flexibility index (Phi) is 40.0. The van der Waals surface area contributed by atoms with Gasteiger partial charge in [-0.05, 0) is 6.92 Å². The van der Waals surface area contributed by atoms with Gasteiger partial charge in [0.2, 0.25) is 0 Å². The van der Waals surface area contributed by atoms with Crippen LogP contribution in [0.15, 0.2) is 0 Å². The molecule has 0 rings (SSSR count). The molecule has 0 aliphatic rings. The first-order valence-electron chi connectivity index (χ1n) is 1.61. The molecule has 0 aromatic rings. The molecule has 0 fully saturated rings. The van der Waals surface area contributed by atoms with E-state index in [0.29, 0.717) is 0 Å². The van der Waals surface area contributed by atoms with Crippen molar-refractivity contribution in [3.05, 3.63) is 0 Å². The van der Waals surface area contributed by atoms with Gasteiger partial charge in [0.05, 0.1) is 6.61 Å². The van der Waals surface area contributed by atoms with E-state index < -0.39 is 6.16 Å². The van der Waals surface area contributed by atoms with Gasteiger partial charge in [-0.2, -0.15) is 9.90 Å². The highest BCUT2D eigenvalue weighted by Gasteiger charge is 1.91. The predicted octanol–water partition coefficient (Wildman–Crippen LogP) is 1.84. The fourth-order valence-corrected chi connectivity index (χ4v) is 0.118. The van der Waals surface area contributed by atoms with Crippen molar-refractivity contribution in [2.45, 2.75) is 6.92 Å². The molecule has 0 saturated carbocycles. The molecule has 0 atom stereocenters. The summed E-state index contributed by atoms with van der Waals surface area (Å²) >= 11 is 0. The van der Waals surface area contributed by atoms with Crippen LogP contribution in [0.4, 0.5) is 4.79 Å². The molecule has 0 unspecified atom stereocenters. The van der Waals surface area contributed by atoms with Crippen LogP contribution in [-0.4, -0.2) is 12.8 Å². The molecule has 0 bridgehead atoms. The van der Waals surface area contributed by atoms with Gasteiger partial charge in [0, 0.05) is 0 Å². The van der Waals surface area contributed by atoms with Crippen molar-refractivity contribution in [3.63, 3.8) is 0 Å². The molecule has 6 heteroatoms. The minimum Gasteiger partial charge on any atom is -0.432 e. The fourth-order valence-electron chi connectivity index (χ4n) is 0.118. The lowest BCUT2D eigenvalue weighted by atomic mass is 10.9. The van der Waals surface area contributed by atoms with E-state index in [1.807, 2.05) is 0 Å². The number of carbonyl (C=O) groups is 1. The number of hydrogen-bond donors (Lipinski definition) is 0. The maximum Gasteiger partial charge on any atom is 0.549 e. The van der Waals surface area contributed by atoms with E-state index in [0.717, 1.165) is 0 Å². The third-order valence-corrected chi connectivity index (χ3v) is 0.262. The lowest BCUT2D eigenvalue weighted by Gasteiger charge is -1.84. The fraction of sp³-hybridized carbons (Fsp3) is 0.667. The molecule has 9 heavy (non-hydrogen) atoms. The number of halogens is 3. The van der Waals surface area contributed by atoms with Gasteiger partial charge in [-0.25, -0.2) is 0 Å². The second-order valence-electron chi connectivity index (χ2n) is 0.683. The summed E-state index contributed by atoms with van der Waals surface area (Å²) in [5, 5.41) is 9.27. The number of rotatable bonds is 1. The average molecular weight is 198 g/mol. The molecule has 0 aromatic carbocycles. The molecule has 0 aliphatic heterocycles. The molecule has 3 nitrogen and oxygen atoms in total. The lowest BCUT2D eigenvalue weighted by molar-refractivity contribution is 0.0722. The zero-order chi connectivity index (χ0) is 4.99. The van der Waals surface area contributed by atoms with Crippen molar-refractivity contribution in [1.82, 2.24) is 0 Å². The normalized spacial score (nSPS) is 5.00. The van der Waals surface area contributed by atoms with Crippen molar-refractivity contribution in [1.29, 1.82) is 0 Å². The van der Waals surface area contributed by atoms with Gasteiger partial charge in [0.1, 0.15) is 0 Å². The Labute approximate surface area is 72.0 Å². The van der Waals surface area contributed by atoms with Gasteiger partial charge < -0.3 is 4.74 Å². The quantitative estimate of drug-likeness (QED) is 0.604. The number of hydrogen-bond acceptors (Lipinski definition) is 2. The molecule has 0 heterocycles. The molecule has 0 N–H and O–H groups in total. The molecule has 0 spiro atoms. The molecule has 1 radical (unpaired) electrons. The minimum atomic E-state index is -1.46. The summed E-state index contributed by atoms with van der Waals surface area (Å²) in [6, 6.07) is 0. The van der Waals surface area contributed by atoms with Crippen LogP contribution >= 0.6 is 37.2 Å². The van der Waals surface area contributed by atoms with E-state index in [4.69, 9.17) is 0 Å². The summed E-state index contributed by atoms with van der Waals surface area (Å²) in [6.07, 6.45) is -1.46. The van der Waals surface area contributed by atoms with Crippen LogP contribution in [0.3, 0.4) is 0 Å². The Bertz CT molecular complexity index is 58.3. The van der Waals surface area contributed by atoms with E-state index in [1.165, 1.54) is 0 Å². The van der Waals surface area contributed by atoms with Crippen LogP contribution < -0.4 is 0 Å². The van der Waals surface area contributed by atoms with Crippen LogP contribution in [0.5, 0.6) is 0 Å². The molecular weight excluding hydrogens is 190 g/mol. The van der Waals surface area contributed by atoms with Crippen LogP contribution in [0, 0.1) is 0 Å². The summed E-state index contributed by atoms with van der Waals surface area (Å²) in [5.74, 6) is 0. The number of carbonyl (C=O) groups excluding carboxylic acids is 1. The Morgan fingerprint density at radius 1 is 1.33 bits per heavy atom. The zero-order valence-electron chi connectivity index (χ0n) is 4.66. The summed E-state index contributed by atoms with van der Waals surface area (Å²) < 4.78 is 3.85. The summed E-state index contributed by atoms with van der Waals surface area (Å²) in [4.78, 5) is 9.27. The monoisotopic (exact) mass is 197 g/mol. The first kappa shape index (κ1) is 22.9. The summed E-state index contributed by atoms with van der Waals surface area (Å²) in [5.41, 5.74) is 0. The third kappa shape index (κ3) is 31.1. The Hall–Kier alpha value is 0.140. The molecular formula is C3H8Cl3O3. The van der Waals surface area contributed by atoms with Crippen molar-refractivity contribution >= 4 is 43.4 Å². The zero-order valence-corrected chi connectivity index (χ0v) is 7.11. The van der Waals surface area contributed by atoms with E-state index in [2.05, 4.69) is 4.74 Å². The van der Waals surface area contributed by atoms with Crippen molar-refractivity contribution in [2.24, 2.45) is 0 Å². The Morgan fingerprint density at radius 3 is 1.67 bits per heavy atom. The lowest BCUT2D eigenvalue weighted by Crippen LogP contribution is -1.95. The summed E-state index contributed by atoms with van der Waals surface area (Å²) in [7, 11) is 0. The van der Waals surface area contributed by atoms with Gasteiger partial charge in [0.15, 0.2) is 0 Å². The van der Waals surface area contributed by atoms with E-state index in [9.17, 15) is 9.90 Å². The molecule has 0 aromatic heterocycles. The van der Waals surface area contributed by atoms with Crippen LogP contribution in [-0.2, 0) is 9.84 Å². The topological polar surface area (TPSA) is 46.2 Å². The molecule has 0 amide bonds. The van der Waals surface area contributed by atoms with Crippen LogP contribution in [0.2, 0.25) is 0 Å². The SMILES string of the molecule is CCOC([O])=O.Cl.Cl.Cl. The highest BCUT2D eigenvalue weighted by atomic mass is 35.5. The Balaban J connectivity index is -0.0000000417. The van der Waals surface area contributed by atoms with E-state index in [-0.39, 0.29) is 43.8 Å². The highest BCUT2D eigenvalue weighted by Crippen LogP contribution is 1.70. The minimum absolute atomic E-state index is 0. The summed E-state index contributed by atoms with van der Waals surface area (Å²) in [6.45, 7) is 1.75. The second kappa shape index (κ2) is 15.7. The highest BCUT2D eigenvalue weighted by molar-refractivity contribution is 5.86. The van der Waals surface area contributed by atoms with Gasteiger partial charge >= 0.3 is 6.16 Å². The van der Waals surface area contributed by atoms with E-state index in [1.54, 1.807) is 6.92 Å². The maximum atomic E-state index is 9.27. The van der Waals surface area contributed by atoms with Crippen molar-refractivity contribution < 1.29 is 14.6 Å². The van der Waals surface area contributed by atoms with Gasteiger partial charge in [-0.1, -0.05) is 0 Å². The standard InChI is InChI=1S/C3H5O3.3ClH/c1-2-6-3(4)5;;;/h2H2,1H3;3*1H. The van der Waals surface area contributed by atoms with Crippen molar-refractivity contribution in [3.8, 4) is 0 Å². The predicted molar refractivity (Wildman–Crippen MR) is 39.5 cm³/mol. The van der Waals surface area contributed by atoms with Gasteiger partial charge in [0.25, 0.3) is 0 Å². The van der Waals surface area contributed by atoms with Crippen LogP contribution in [0.25, 0.3) is 0 Å².